The predicted molar refractivity (Wildman–Crippen MR) is 157 cm³/mol. The Bertz CT molecular complexity index is 1220. The van der Waals surface area contributed by atoms with Crippen LogP contribution in [0.1, 0.15) is 66.7 Å². The molecule has 1 heterocycles. The Morgan fingerprint density at radius 1 is 0.800 bits per heavy atom. The molecule has 3 aromatic rings. The summed E-state index contributed by atoms with van der Waals surface area (Å²) in [5, 5.41) is 11.5. The summed E-state index contributed by atoms with van der Waals surface area (Å²) in [6, 6.07) is 21.2. The number of aromatic carboxylic acids is 1. The Morgan fingerprint density at radius 3 is 1.77 bits per heavy atom. The fourth-order valence-electron chi connectivity index (χ4n) is 3.87. The van der Waals surface area contributed by atoms with Gasteiger partial charge >= 0.3 is 5.97 Å². The summed E-state index contributed by atoms with van der Waals surface area (Å²) in [5.74, 6) is 0.701. The van der Waals surface area contributed by atoms with Crippen LogP contribution < -0.4 is 19.7 Å². The molecule has 0 aliphatic carbocycles. The van der Waals surface area contributed by atoms with E-state index in [4.69, 9.17) is 14.6 Å². The van der Waals surface area contributed by atoms with Gasteiger partial charge in [0.2, 0.25) is 0 Å². The molecule has 1 aliphatic rings. The fourth-order valence-corrected chi connectivity index (χ4v) is 3.87. The third-order valence-corrected chi connectivity index (χ3v) is 6.27. The molecule has 0 spiro atoms. The number of carboxylic acids is 1. The number of hydrogen-bond donors (Lipinski definition) is 2. The Labute approximate surface area is 235 Å². The largest absolute Gasteiger partial charge is 0.494 e. The van der Waals surface area contributed by atoms with Crippen LogP contribution in [0.3, 0.4) is 0 Å². The first-order chi connectivity index (χ1) is 19.4. The van der Waals surface area contributed by atoms with Crippen molar-refractivity contribution >= 4 is 29.0 Å². The maximum atomic E-state index is 12.4. The Morgan fingerprint density at radius 2 is 1.32 bits per heavy atom. The van der Waals surface area contributed by atoms with Crippen molar-refractivity contribution < 1.29 is 29.0 Å². The van der Waals surface area contributed by atoms with Crippen molar-refractivity contribution in [3.63, 3.8) is 0 Å². The number of hydrogen-bond acceptors (Lipinski definition) is 6. The average molecular weight is 547 g/mol. The summed E-state index contributed by atoms with van der Waals surface area (Å²) >= 11 is 0. The number of Topliss-reactive ketones (excluding diaryl/α,β-unsaturated/α-hetero) is 1. The van der Waals surface area contributed by atoms with Crippen molar-refractivity contribution in [3.8, 4) is 11.5 Å². The number of rotatable bonds is 12. The molecule has 1 amide bonds. The summed E-state index contributed by atoms with van der Waals surface area (Å²) < 4.78 is 11.0. The smallest absolute Gasteiger partial charge is 0.335 e. The molecular formula is C32H38N2O6. The third-order valence-electron chi connectivity index (χ3n) is 6.27. The molecule has 1 aliphatic heterocycles. The zero-order valence-electron chi connectivity index (χ0n) is 23.2. The van der Waals surface area contributed by atoms with Crippen LogP contribution in [-0.2, 0) is 4.79 Å². The van der Waals surface area contributed by atoms with Crippen LogP contribution >= 0.6 is 0 Å². The van der Waals surface area contributed by atoms with Gasteiger partial charge < -0.3 is 24.8 Å². The average Bonchev–Trinajstić information content (AvgIpc) is 3.41. The molecule has 4 rings (SSSR count). The van der Waals surface area contributed by atoms with Gasteiger partial charge in [-0.15, -0.1) is 0 Å². The first-order valence-electron chi connectivity index (χ1n) is 13.8. The minimum absolute atomic E-state index is 0.158. The van der Waals surface area contributed by atoms with Gasteiger partial charge in [-0.3, -0.25) is 9.59 Å². The number of nitrogens with zero attached hydrogens (tertiary/aromatic N) is 1. The zero-order chi connectivity index (χ0) is 28.7. The molecule has 40 heavy (non-hydrogen) atoms. The van der Waals surface area contributed by atoms with Crippen LogP contribution in [0, 0.1) is 0 Å². The van der Waals surface area contributed by atoms with E-state index in [1.54, 1.807) is 36.4 Å². The SMILES string of the molecule is CCCCOc1ccc(C(=O)Nc2ccc(N3CCC(=O)C3)cc2)cc1.CCCCOc1ccc(C(=O)O)cc1. The van der Waals surface area contributed by atoms with E-state index >= 15 is 0 Å². The fraction of sp³-hybridized carbons (Fsp3) is 0.344. The number of nitrogens with one attached hydrogen (secondary N) is 1. The molecule has 1 fully saturated rings. The molecule has 0 atom stereocenters. The third kappa shape index (κ3) is 9.76. The molecule has 212 valence electrons. The molecule has 3 aromatic carbocycles. The van der Waals surface area contributed by atoms with E-state index in [0.29, 0.717) is 31.7 Å². The number of ketones is 1. The molecule has 8 heteroatoms. The van der Waals surface area contributed by atoms with Gasteiger partial charge in [0, 0.05) is 29.9 Å². The highest BCUT2D eigenvalue weighted by atomic mass is 16.5. The molecule has 2 N–H and O–H groups in total. The highest BCUT2D eigenvalue weighted by Gasteiger charge is 2.19. The van der Waals surface area contributed by atoms with E-state index < -0.39 is 5.97 Å². The molecule has 0 radical (unpaired) electrons. The van der Waals surface area contributed by atoms with Crippen LogP contribution in [0.25, 0.3) is 0 Å². The van der Waals surface area contributed by atoms with E-state index in [1.807, 2.05) is 41.3 Å². The number of unbranched alkanes of at least 4 members (excludes halogenated alkanes) is 2. The van der Waals surface area contributed by atoms with Gasteiger partial charge in [-0.25, -0.2) is 4.79 Å². The van der Waals surface area contributed by atoms with Crippen molar-refractivity contribution in [1.29, 1.82) is 0 Å². The lowest BCUT2D eigenvalue weighted by molar-refractivity contribution is -0.116. The monoisotopic (exact) mass is 546 g/mol. The molecule has 8 nitrogen and oxygen atoms in total. The van der Waals surface area contributed by atoms with Crippen LogP contribution in [0.15, 0.2) is 72.8 Å². The Balaban J connectivity index is 0.000000267. The molecule has 0 bridgehead atoms. The standard InChI is InChI=1S/C21H24N2O3.C11H14O3/c1-2-3-14-26-20-10-4-16(5-11-20)21(25)22-17-6-8-18(9-7-17)23-13-12-19(24)15-23;1-2-3-8-14-10-6-4-9(5-7-10)11(12)13/h4-11H,2-3,12-15H2,1H3,(H,22,25);4-7H,2-3,8H2,1H3,(H,12,13). The van der Waals surface area contributed by atoms with E-state index in [9.17, 15) is 14.4 Å². The minimum Gasteiger partial charge on any atom is -0.494 e. The number of carbonyl (C=O) groups excluding carboxylic acids is 2. The van der Waals surface area contributed by atoms with Crippen LogP contribution in [0.4, 0.5) is 11.4 Å². The summed E-state index contributed by atoms with van der Waals surface area (Å²) in [6.07, 6.45) is 4.82. The predicted octanol–water partition coefficient (Wildman–Crippen LogP) is 6.46. The van der Waals surface area contributed by atoms with Crippen molar-refractivity contribution in [2.75, 3.05) is 36.5 Å². The maximum Gasteiger partial charge on any atom is 0.335 e. The highest BCUT2D eigenvalue weighted by Crippen LogP contribution is 2.22. The van der Waals surface area contributed by atoms with E-state index in [0.717, 1.165) is 55.1 Å². The van der Waals surface area contributed by atoms with Crippen molar-refractivity contribution in [2.24, 2.45) is 0 Å². The minimum atomic E-state index is -0.912. The number of ether oxygens (including phenoxy) is 2. The van der Waals surface area contributed by atoms with Gasteiger partial charge in [0.15, 0.2) is 5.78 Å². The second-order valence-electron chi connectivity index (χ2n) is 9.47. The zero-order valence-corrected chi connectivity index (χ0v) is 23.2. The highest BCUT2D eigenvalue weighted by molar-refractivity contribution is 6.04. The molecule has 0 saturated carbocycles. The van der Waals surface area contributed by atoms with Crippen LogP contribution in [0.2, 0.25) is 0 Å². The molecule has 0 unspecified atom stereocenters. The molecule has 1 saturated heterocycles. The maximum absolute atomic E-state index is 12.4. The number of benzene rings is 3. The number of anilines is 2. The lowest BCUT2D eigenvalue weighted by Crippen LogP contribution is -2.19. The molecule has 0 aromatic heterocycles. The van der Waals surface area contributed by atoms with Crippen molar-refractivity contribution in [2.45, 2.75) is 46.0 Å². The summed E-state index contributed by atoms with van der Waals surface area (Å²) in [4.78, 5) is 36.3. The quantitative estimate of drug-likeness (QED) is 0.251. The van der Waals surface area contributed by atoms with E-state index in [1.165, 1.54) is 0 Å². The van der Waals surface area contributed by atoms with Gasteiger partial charge in [0.1, 0.15) is 11.5 Å². The lowest BCUT2D eigenvalue weighted by Gasteiger charge is -2.17. The van der Waals surface area contributed by atoms with Gasteiger partial charge in [0.05, 0.1) is 25.3 Å². The van der Waals surface area contributed by atoms with Gasteiger partial charge in [-0.1, -0.05) is 26.7 Å². The van der Waals surface area contributed by atoms with Gasteiger partial charge in [0.25, 0.3) is 5.91 Å². The normalized spacial score (nSPS) is 12.3. The van der Waals surface area contributed by atoms with Gasteiger partial charge in [-0.05, 0) is 85.6 Å². The Kier molecular flexibility index (Phi) is 12.0. The van der Waals surface area contributed by atoms with Crippen molar-refractivity contribution in [3.05, 3.63) is 83.9 Å². The van der Waals surface area contributed by atoms with Crippen LogP contribution in [0.5, 0.6) is 11.5 Å². The van der Waals surface area contributed by atoms with E-state index in [2.05, 4.69) is 19.2 Å². The first kappa shape index (κ1) is 30.2. The Hall–Kier alpha value is -4.33. The van der Waals surface area contributed by atoms with Crippen LogP contribution in [-0.4, -0.2) is 49.1 Å². The second kappa shape index (κ2) is 15.9. The molecular weight excluding hydrogens is 508 g/mol. The summed E-state index contributed by atoms with van der Waals surface area (Å²) in [6.45, 7) is 6.82. The van der Waals surface area contributed by atoms with E-state index in [-0.39, 0.29) is 17.3 Å². The first-order valence-corrected chi connectivity index (χ1v) is 13.8. The number of carboxylic acid groups (broad SMARTS) is 1. The second-order valence-corrected chi connectivity index (χ2v) is 9.47. The van der Waals surface area contributed by atoms with Crippen molar-refractivity contribution in [1.82, 2.24) is 0 Å². The topological polar surface area (TPSA) is 105 Å². The summed E-state index contributed by atoms with van der Waals surface area (Å²) in [7, 11) is 0. The summed E-state index contributed by atoms with van der Waals surface area (Å²) in [5.41, 5.74) is 2.60. The lowest BCUT2D eigenvalue weighted by atomic mass is 10.2. The number of amides is 1. The number of carbonyl (C=O) groups is 3. The van der Waals surface area contributed by atoms with Gasteiger partial charge in [-0.2, -0.15) is 0 Å².